The van der Waals surface area contributed by atoms with Gasteiger partial charge < -0.3 is 92.5 Å². The van der Waals surface area contributed by atoms with Crippen LogP contribution in [0.1, 0.15) is 121 Å². The Balaban J connectivity index is 1.56. The molecule has 0 spiro atoms. The number of nitrogens with two attached hydrogens (primary N) is 7. The fraction of sp³-hybridized carbons (Fsp3) is 0.587. The number of amides is 13. The van der Waals surface area contributed by atoms with Gasteiger partial charge in [0.1, 0.15) is 54.4 Å². The lowest BCUT2D eigenvalue weighted by Gasteiger charge is -2.32. The summed E-state index contributed by atoms with van der Waals surface area (Å²) >= 11 is 1.45. The van der Waals surface area contributed by atoms with Gasteiger partial charge in [-0.2, -0.15) is 11.8 Å². The number of aliphatic imine (C=N–C) groups is 1. The second-order valence-corrected chi connectivity index (χ2v) is 25.1. The Kier molecular flexibility index (Phi) is 33.9. The summed E-state index contributed by atoms with van der Waals surface area (Å²) in [5.41, 5.74) is 40.6. The standard InChI is InChI=1S/C63H98N18O13S/c1-37(2)33-45(57(89)74-41(53(68)85)27-32-95-3)73-52(84)36-72-54(86)46(34-38-15-6-4-7-16-38)78-58(90)47(35-39-17-8-5-9-18-39)79-56(88)42(23-25-50(66)82)75-55(87)43(24-26-51(67)83)76-59(91)49-22-14-31-81(49)62(94)44(20-10-11-28-64)77-60(92)48-21-13-30-80(48)61(93)40(65)19-12-29-71-63(69)70/h4-9,15-18,37,40-49H,10-14,19-36,64-65H2,1-3H3,(H2,66,82)(H2,67,83)(H2,68,85)(H,72,86)(H,73,84)(H,74,89)(H,75,87)(H,76,91)(H,77,92)(H,78,90)(H,79,88)(H4,69,70,71)/t40-,41+,42+,43-,44-,45-,46+,47+,48+,49-/m1/s1. The zero-order valence-corrected chi connectivity index (χ0v) is 55.3. The predicted molar refractivity (Wildman–Crippen MR) is 356 cm³/mol. The maximum absolute atomic E-state index is 14.7. The number of primary amides is 3. The first-order valence-electron chi connectivity index (χ1n) is 32.2. The van der Waals surface area contributed by atoms with Crippen LogP contribution in [-0.4, -0.2) is 198 Å². The summed E-state index contributed by atoms with van der Waals surface area (Å²) in [6, 6.07) is 4.51. The Labute approximate surface area is 558 Å². The molecule has 0 aliphatic carbocycles. The SMILES string of the molecule is CSCC[C@H](NC(=O)[C@@H](CC(C)C)NC(=O)CNC(=O)[C@H](Cc1ccccc1)NC(=O)[C@H](Cc1ccccc1)NC(=O)[C@H](CCC(N)=O)NC(=O)[C@@H](CCC(N)=O)NC(=O)[C@H]1CCCN1C(=O)[C@@H](CCCCN)NC(=O)[C@@H]1CCCN1C(=O)[C@H](N)CCCN=C(N)N)C(N)=O. The molecule has 13 amide bonds. The van der Waals surface area contributed by atoms with E-state index in [9.17, 15) is 62.3 Å². The molecule has 2 aromatic carbocycles. The maximum atomic E-state index is 14.7. The van der Waals surface area contributed by atoms with Crippen molar-refractivity contribution < 1.29 is 62.3 Å². The molecule has 22 N–H and O–H groups in total. The first-order chi connectivity index (χ1) is 45.2. The highest BCUT2D eigenvalue weighted by atomic mass is 32.2. The molecule has 31 nitrogen and oxygen atoms in total. The van der Waals surface area contributed by atoms with Crippen LogP contribution < -0.4 is 82.7 Å². The molecule has 0 radical (unpaired) electrons. The lowest BCUT2D eigenvalue weighted by Crippen LogP contribution is -2.60. The van der Waals surface area contributed by atoms with Gasteiger partial charge in [-0.3, -0.25) is 67.3 Å². The van der Waals surface area contributed by atoms with Crippen LogP contribution in [-0.2, 0) is 75.2 Å². The fourth-order valence-corrected chi connectivity index (χ4v) is 11.5. The largest absolute Gasteiger partial charge is 0.370 e. The molecule has 2 fully saturated rings. The van der Waals surface area contributed by atoms with Gasteiger partial charge in [0.05, 0.1) is 12.6 Å². The van der Waals surface area contributed by atoms with E-state index in [1.165, 1.54) is 21.6 Å². The van der Waals surface area contributed by atoms with Crippen LogP contribution in [0, 0.1) is 5.92 Å². The quantitative estimate of drug-likeness (QED) is 0.0173. The number of carbonyl (C=O) groups excluding carboxylic acids is 13. The third kappa shape index (κ3) is 27.5. The van der Waals surface area contributed by atoms with E-state index < -0.39 is 169 Å². The van der Waals surface area contributed by atoms with Gasteiger partial charge in [0.15, 0.2) is 5.96 Å². The first-order valence-corrected chi connectivity index (χ1v) is 33.6. The van der Waals surface area contributed by atoms with Gasteiger partial charge >= 0.3 is 0 Å². The predicted octanol–water partition coefficient (Wildman–Crippen LogP) is -3.71. The number of guanidine groups is 1. The summed E-state index contributed by atoms with van der Waals surface area (Å²) in [4.78, 5) is 185. The number of unbranched alkanes of at least 4 members (excludes halogenated alkanes) is 1. The van der Waals surface area contributed by atoms with E-state index in [0.29, 0.717) is 55.4 Å². The third-order valence-corrected chi connectivity index (χ3v) is 16.7. The molecule has 0 saturated carbocycles. The van der Waals surface area contributed by atoms with Crippen molar-refractivity contribution in [2.75, 3.05) is 44.7 Å². The van der Waals surface area contributed by atoms with Gasteiger partial charge in [-0.25, -0.2) is 0 Å². The number of likely N-dealkylation sites (tertiary alicyclic amines) is 2. The minimum atomic E-state index is -1.64. The van der Waals surface area contributed by atoms with Gasteiger partial charge in [0.2, 0.25) is 76.8 Å². The van der Waals surface area contributed by atoms with Crippen LogP contribution in [0.25, 0.3) is 0 Å². The van der Waals surface area contributed by atoms with E-state index in [-0.39, 0.29) is 83.0 Å². The van der Waals surface area contributed by atoms with Crippen LogP contribution in [0.4, 0.5) is 0 Å². The Morgan fingerprint density at radius 1 is 0.537 bits per heavy atom. The zero-order valence-electron chi connectivity index (χ0n) is 54.5. The van der Waals surface area contributed by atoms with E-state index in [1.54, 1.807) is 60.7 Å². The number of nitrogens with one attached hydrogen (secondary N) is 8. The lowest BCUT2D eigenvalue weighted by atomic mass is 10.0. The molecule has 0 aromatic heterocycles. The number of carbonyl (C=O) groups is 13. The number of thioether (sulfide) groups is 1. The summed E-state index contributed by atoms with van der Waals surface area (Å²) in [6.45, 7) is 3.86. The smallest absolute Gasteiger partial charge is 0.245 e. The average Bonchev–Trinajstić information content (AvgIpc) is 1.74. The molecule has 2 aromatic rings. The van der Waals surface area contributed by atoms with Crippen molar-refractivity contribution in [3.63, 3.8) is 0 Å². The second-order valence-electron chi connectivity index (χ2n) is 24.1. The number of hydrogen-bond acceptors (Lipinski definition) is 17. The number of nitrogens with zero attached hydrogens (tertiary/aromatic N) is 3. The van der Waals surface area contributed by atoms with Gasteiger partial charge in [-0.05, 0) is 119 Å². The molecule has 0 unspecified atom stereocenters. The molecule has 4 rings (SSSR count). The molecule has 32 heteroatoms. The van der Waals surface area contributed by atoms with Gasteiger partial charge in [-0.15, -0.1) is 0 Å². The van der Waals surface area contributed by atoms with Crippen LogP contribution in [0.3, 0.4) is 0 Å². The molecule has 2 saturated heterocycles. The highest BCUT2D eigenvalue weighted by Gasteiger charge is 2.42. The van der Waals surface area contributed by atoms with Crippen LogP contribution >= 0.6 is 11.8 Å². The first kappa shape index (κ1) is 78.5. The maximum Gasteiger partial charge on any atom is 0.245 e. The zero-order chi connectivity index (χ0) is 70.1. The average molecular weight is 1350 g/mol. The lowest BCUT2D eigenvalue weighted by molar-refractivity contribution is -0.144. The van der Waals surface area contributed by atoms with Crippen molar-refractivity contribution >= 4 is 94.5 Å². The molecule has 0 bridgehead atoms. The number of benzene rings is 2. The van der Waals surface area contributed by atoms with Crippen LogP contribution in [0.5, 0.6) is 0 Å². The van der Waals surface area contributed by atoms with Crippen molar-refractivity contribution in [1.29, 1.82) is 0 Å². The highest BCUT2D eigenvalue weighted by Crippen LogP contribution is 2.24. The van der Waals surface area contributed by atoms with Crippen molar-refractivity contribution in [2.45, 2.75) is 183 Å². The Morgan fingerprint density at radius 3 is 1.51 bits per heavy atom. The van der Waals surface area contributed by atoms with Crippen molar-refractivity contribution in [1.82, 2.24) is 52.3 Å². The summed E-state index contributed by atoms with van der Waals surface area (Å²) in [5, 5.41) is 21.1. The van der Waals surface area contributed by atoms with E-state index in [0.717, 1.165) is 0 Å². The summed E-state index contributed by atoms with van der Waals surface area (Å²) in [7, 11) is 0. The second kappa shape index (κ2) is 41.0. The summed E-state index contributed by atoms with van der Waals surface area (Å²) in [6.07, 6.45) is 3.12. The van der Waals surface area contributed by atoms with E-state index in [4.69, 9.17) is 40.1 Å². The fourth-order valence-electron chi connectivity index (χ4n) is 11.0. The van der Waals surface area contributed by atoms with E-state index in [2.05, 4.69) is 47.5 Å². The van der Waals surface area contributed by atoms with Crippen molar-refractivity contribution in [3.8, 4) is 0 Å². The molecule has 95 heavy (non-hydrogen) atoms. The van der Waals surface area contributed by atoms with Crippen LogP contribution in [0.15, 0.2) is 65.7 Å². The Hall–Kier alpha value is -8.91. The summed E-state index contributed by atoms with van der Waals surface area (Å²) in [5.74, 6) is -9.80. The van der Waals surface area contributed by atoms with Gasteiger partial charge in [-0.1, -0.05) is 74.5 Å². The van der Waals surface area contributed by atoms with Crippen molar-refractivity contribution in [3.05, 3.63) is 71.8 Å². The van der Waals surface area contributed by atoms with Crippen molar-refractivity contribution in [2.24, 2.45) is 51.0 Å². The molecule has 10 atom stereocenters. The topological polar surface area (TPSA) is 519 Å². The highest BCUT2D eigenvalue weighted by molar-refractivity contribution is 7.98. The summed E-state index contributed by atoms with van der Waals surface area (Å²) < 4.78 is 0. The normalized spacial score (nSPS) is 16.8. The molecular formula is C63H98N18O13S. The minimum Gasteiger partial charge on any atom is -0.370 e. The minimum absolute atomic E-state index is 0.0736. The Bertz CT molecular complexity index is 2960. The van der Waals surface area contributed by atoms with Gasteiger partial charge in [0.25, 0.3) is 0 Å². The molecule has 2 aliphatic heterocycles. The number of hydrogen-bond donors (Lipinski definition) is 15. The number of rotatable bonds is 42. The van der Waals surface area contributed by atoms with E-state index >= 15 is 0 Å². The molecular weight excluding hydrogens is 1250 g/mol. The molecule has 2 heterocycles. The monoisotopic (exact) mass is 1350 g/mol. The third-order valence-electron chi connectivity index (χ3n) is 16.0. The van der Waals surface area contributed by atoms with Gasteiger partial charge in [0, 0.05) is 45.3 Å². The Morgan fingerprint density at radius 2 is 1.01 bits per heavy atom. The molecule has 524 valence electrons. The van der Waals surface area contributed by atoms with E-state index in [1.807, 2.05) is 20.1 Å². The van der Waals surface area contributed by atoms with Crippen LogP contribution in [0.2, 0.25) is 0 Å². The molecule has 2 aliphatic rings.